The first-order valence-corrected chi connectivity index (χ1v) is 9.78. The molecule has 1 atom stereocenters. The zero-order valence-electron chi connectivity index (χ0n) is 14.8. The molecule has 0 aliphatic heterocycles. The Kier molecular flexibility index (Phi) is 8.51. The summed E-state index contributed by atoms with van der Waals surface area (Å²) in [5.41, 5.74) is 8.72. The minimum absolute atomic E-state index is 0. The molecule has 1 amide bonds. The minimum Gasteiger partial charge on any atom is -0.373 e. The van der Waals surface area contributed by atoms with E-state index in [0.717, 1.165) is 24.3 Å². The van der Waals surface area contributed by atoms with E-state index in [2.05, 4.69) is 34.6 Å². The Morgan fingerprint density at radius 3 is 3.08 bits per heavy atom. The van der Waals surface area contributed by atoms with Gasteiger partial charge in [-0.1, -0.05) is 24.3 Å². The van der Waals surface area contributed by atoms with Crippen LogP contribution in [0.2, 0.25) is 0 Å². The summed E-state index contributed by atoms with van der Waals surface area (Å²) in [6.45, 7) is 1.79. The fourth-order valence-electron chi connectivity index (χ4n) is 3.13. The summed E-state index contributed by atoms with van der Waals surface area (Å²) in [4.78, 5) is 16.3. The first-order chi connectivity index (χ1) is 12.3. The molecule has 7 heteroatoms. The van der Waals surface area contributed by atoms with Crippen LogP contribution in [0.1, 0.15) is 52.0 Å². The number of rotatable bonds is 8. The van der Waals surface area contributed by atoms with E-state index < -0.39 is 0 Å². The lowest BCUT2D eigenvalue weighted by molar-refractivity contribution is 0.0393. The van der Waals surface area contributed by atoms with Crippen molar-refractivity contribution in [1.29, 1.82) is 0 Å². The molecule has 1 aromatic heterocycles. The van der Waals surface area contributed by atoms with Crippen molar-refractivity contribution in [3.8, 4) is 0 Å². The molecule has 0 radical (unpaired) electrons. The predicted molar refractivity (Wildman–Crippen MR) is 107 cm³/mol. The number of ether oxygens (including phenoxy) is 1. The summed E-state index contributed by atoms with van der Waals surface area (Å²) in [5.74, 6) is -0.123. The van der Waals surface area contributed by atoms with E-state index >= 15 is 0 Å². The monoisotopic (exact) mass is 395 g/mol. The molecule has 2 aromatic rings. The summed E-state index contributed by atoms with van der Waals surface area (Å²) in [6, 6.07) is 8.53. The largest absolute Gasteiger partial charge is 0.373 e. The quantitative estimate of drug-likeness (QED) is 0.672. The molecule has 3 rings (SSSR count). The van der Waals surface area contributed by atoms with E-state index in [0.29, 0.717) is 31.8 Å². The van der Waals surface area contributed by atoms with Gasteiger partial charge in [0.25, 0.3) is 5.91 Å². The first-order valence-electron chi connectivity index (χ1n) is 8.90. The van der Waals surface area contributed by atoms with Crippen molar-refractivity contribution in [3.63, 3.8) is 0 Å². The maximum absolute atomic E-state index is 12.1. The van der Waals surface area contributed by atoms with Crippen LogP contribution in [0.15, 0.2) is 29.6 Å². The standard InChI is InChI=1S/C19H25N3O2S.ClH/c20-10-9-18-22-16(13-25-18)19(23)21-11-4-12-24-17-8-3-6-14-5-1-2-7-15(14)17;/h1-2,5,7,13,17H,3-4,6,8-12,20H2,(H,21,23);1H. The zero-order valence-corrected chi connectivity index (χ0v) is 16.4. The number of thiazole rings is 1. The van der Waals surface area contributed by atoms with Crippen molar-refractivity contribution >= 4 is 29.7 Å². The molecule has 1 unspecified atom stereocenters. The molecule has 5 nitrogen and oxygen atoms in total. The second kappa shape index (κ2) is 10.6. The topological polar surface area (TPSA) is 77.2 Å². The third-order valence-corrected chi connectivity index (χ3v) is 5.29. The van der Waals surface area contributed by atoms with E-state index in [1.54, 1.807) is 5.38 Å². The fraction of sp³-hybridized carbons (Fsp3) is 0.474. The molecule has 1 heterocycles. The zero-order chi connectivity index (χ0) is 17.5. The molecular weight excluding hydrogens is 370 g/mol. The van der Waals surface area contributed by atoms with E-state index in [9.17, 15) is 4.79 Å². The number of benzene rings is 1. The van der Waals surface area contributed by atoms with Gasteiger partial charge in [0, 0.05) is 25.0 Å². The molecule has 1 aromatic carbocycles. The molecule has 0 saturated heterocycles. The molecule has 1 aliphatic rings. The SMILES string of the molecule is Cl.NCCc1nc(C(=O)NCCCOC2CCCc3ccccc32)cs1. The Balaban J connectivity index is 0.00000243. The Bertz CT molecular complexity index is 708. The minimum atomic E-state index is -0.123. The molecule has 0 fully saturated rings. The number of nitrogens with one attached hydrogen (secondary N) is 1. The molecular formula is C19H26ClN3O2S. The van der Waals surface area contributed by atoms with Crippen LogP contribution in [0.25, 0.3) is 0 Å². The van der Waals surface area contributed by atoms with Crippen molar-refractivity contribution in [3.05, 3.63) is 51.5 Å². The number of aryl methyl sites for hydroxylation is 1. The third kappa shape index (κ3) is 5.51. The number of fused-ring (bicyclic) bond motifs is 1. The predicted octanol–water partition coefficient (Wildman–Crippen LogP) is 3.28. The van der Waals surface area contributed by atoms with E-state index in [1.807, 2.05) is 0 Å². The summed E-state index contributed by atoms with van der Waals surface area (Å²) in [5, 5.41) is 5.60. The van der Waals surface area contributed by atoms with Gasteiger partial charge >= 0.3 is 0 Å². The van der Waals surface area contributed by atoms with E-state index in [4.69, 9.17) is 10.5 Å². The highest BCUT2D eigenvalue weighted by atomic mass is 35.5. The molecule has 0 bridgehead atoms. The lowest BCUT2D eigenvalue weighted by Gasteiger charge is -2.25. The summed E-state index contributed by atoms with van der Waals surface area (Å²) < 4.78 is 6.05. The van der Waals surface area contributed by atoms with Gasteiger partial charge in [0.2, 0.25) is 0 Å². The fourth-order valence-corrected chi connectivity index (χ4v) is 3.92. The molecule has 142 valence electrons. The molecule has 1 aliphatic carbocycles. The second-order valence-electron chi connectivity index (χ2n) is 6.23. The molecule has 0 saturated carbocycles. The summed E-state index contributed by atoms with van der Waals surface area (Å²) in [7, 11) is 0. The Morgan fingerprint density at radius 2 is 2.23 bits per heavy atom. The van der Waals surface area contributed by atoms with Crippen molar-refractivity contribution in [2.45, 2.75) is 38.2 Å². The van der Waals surface area contributed by atoms with Crippen LogP contribution in [0, 0.1) is 0 Å². The van der Waals surface area contributed by atoms with Crippen molar-refractivity contribution < 1.29 is 9.53 Å². The van der Waals surface area contributed by atoms with Crippen LogP contribution in [-0.4, -0.2) is 30.6 Å². The second-order valence-corrected chi connectivity index (χ2v) is 7.17. The van der Waals surface area contributed by atoms with Gasteiger partial charge in [0.1, 0.15) is 5.69 Å². The Labute approximate surface area is 164 Å². The molecule has 3 N–H and O–H groups in total. The van der Waals surface area contributed by atoms with Crippen LogP contribution in [0.5, 0.6) is 0 Å². The van der Waals surface area contributed by atoms with Gasteiger partial charge in [-0.25, -0.2) is 4.98 Å². The van der Waals surface area contributed by atoms with E-state index in [-0.39, 0.29) is 24.4 Å². The maximum Gasteiger partial charge on any atom is 0.270 e. The van der Waals surface area contributed by atoms with Gasteiger partial charge in [-0.05, 0) is 43.4 Å². The maximum atomic E-state index is 12.1. The highest BCUT2D eigenvalue weighted by Gasteiger charge is 2.19. The van der Waals surface area contributed by atoms with Gasteiger partial charge in [0.05, 0.1) is 11.1 Å². The Hall–Kier alpha value is -1.47. The number of halogens is 1. The lowest BCUT2D eigenvalue weighted by Crippen LogP contribution is -2.26. The summed E-state index contributed by atoms with van der Waals surface area (Å²) in [6.07, 6.45) is 5.10. The number of nitrogens with two attached hydrogens (primary N) is 1. The van der Waals surface area contributed by atoms with Gasteiger partial charge in [-0.2, -0.15) is 0 Å². The van der Waals surface area contributed by atoms with Crippen LogP contribution in [0.4, 0.5) is 0 Å². The van der Waals surface area contributed by atoms with Gasteiger partial charge in [0.15, 0.2) is 0 Å². The number of amides is 1. The van der Waals surface area contributed by atoms with Crippen LogP contribution >= 0.6 is 23.7 Å². The average molecular weight is 396 g/mol. The summed E-state index contributed by atoms with van der Waals surface area (Å²) >= 11 is 1.48. The highest BCUT2D eigenvalue weighted by molar-refractivity contribution is 7.09. The van der Waals surface area contributed by atoms with Crippen molar-refractivity contribution in [1.82, 2.24) is 10.3 Å². The third-order valence-electron chi connectivity index (χ3n) is 4.38. The van der Waals surface area contributed by atoms with E-state index in [1.165, 1.54) is 28.9 Å². The Morgan fingerprint density at radius 1 is 1.38 bits per heavy atom. The van der Waals surface area contributed by atoms with Gasteiger partial charge in [-0.3, -0.25) is 4.79 Å². The average Bonchev–Trinajstić information content (AvgIpc) is 3.10. The highest BCUT2D eigenvalue weighted by Crippen LogP contribution is 2.32. The van der Waals surface area contributed by atoms with Crippen LogP contribution in [0.3, 0.4) is 0 Å². The van der Waals surface area contributed by atoms with Crippen LogP contribution in [-0.2, 0) is 17.6 Å². The van der Waals surface area contributed by atoms with Gasteiger partial charge < -0.3 is 15.8 Å². The number of carbonyl (C=O) groups excluding carboxylic acids is 1. The molecule has 0 spiro atoms. The molecule has 26 heavy (non-hydrogen) atoms. The van der Waals surface area contributed by atoms with Crippen molar-refractivity contribution in [2.75, 3.05) is 19.7 Å². The normalized spacial score (nSPS) is 15.8. The smallest absolute Gasteiger partial charge is 0.270 e. The number of hydrogen-bond donors (Lipinski definition) is 2. The first kappa shape index (κ1) is 20.8. The van der Waals surface area contributed by atoms with Crippen LogP contribution < -0.4 is 11.1 Å². The number of aromatic nitrogens is 1. The number of hydrogen-bond acceptors (Lipinski definition) is 5. The van der Waals surface area contributed by atoms with Crippen molar-refractivity contribution in [2.24, 2.45) is 5.73 Å². The number of nitrogens with zero attached hydrogens (tertiary/aromatic N) is 1. The lowest BCUT2D eigenvalue weighted by atomic mass is 9.89. The van der Waals surface area contributed by atoms with Gasteiger partial charge in [-0.15, -0.1) is 23.7 Å². The number of carbonyl (C=O) groups is 1.